The monoisotopic (exact) mass is 512 g/mol. The van der Waals surface area contributed by atoms with Crippen LogP contribution in [0.15, 0.2) is 48.7 Å². The number of hydrogen-bond acceptors (Lipinski definition) is 5. The van der Waals surface area contributed by atoms with Gasteiger partial charge in [0.15, 0.2) is 0 Å². The summed E-state index contributed by atoms with van der Waals surface area (Å²) >= 11 is 0. The smallest absolute Gasteiger partial charge is 0.255 e. The van der Waals surface area contributed by atoms with Gasteiger partial charge >= 0.3 is 0 Å². The van der Waals surface area contributed by atoms with Crippen LogP contribution in [0.4, 0.5) is 0 Å². The van der Waals surface area contributed by atoms with E-state index in [1.54, 1.807) is 4.90 Å². The fourth-order valence-electron chi connectivity index (χ4n) is 6.84. The van der Waals surface area contributed by atoms with Gasteiger partial charge in [0.25, 0.3) is 5.91 Å². The van der Waals surface area contributed by atoms with E-state index >= 15 is 0 Å². The number of rotatable bonds is 5. The molecule has 8 nitrogen and oxygen atoms in total. The number of nitrogens with zero attached hydrogens (tertiary/aromatic N) is 2. The molecule has 2 aromatic carbocycles. The van der Waals surface area contributed by atoms with Crippen LogP contribution >= 0.6 is 0 Å². The minimum atomic E-state index is -0.601. The number of carbonyl (C=O) groups excluding carboxylic acids is 3. The molecule has 3 fully saturated rings. The summed E-state index contributed by atoms with van der Waals surface area (Å²) in [5, 5.41) is 3.69. The van der Waals surface area contributed by atoms with E-state index in [1.165, 1.54) is 22.9 Å². The van der Waals surface area contributed by atoms with Crippen molar-refractivity contribution in [1.82, 2.24) is 20.1 Å². The summed E-state index contributed by atoms with van der Waals surface area (Å²) in [5.41, 5.74) is 4.11. The highest BCUT2D eigenvalue weighted by atomic mass is 16.5. The highest BCUT2D eigenvalue weighted by Gasteiger charge is 2.41. The molecule has 3 aromatic rings. The van der Waals surface area contributed by atoms with E-state index in [9.17, 15) is 14.4 Å². The van der Waals surface area contributed by atoms with Crippen molar-refractivity contribution < 1.29 is 19.1 Å². The lowest BCUT2D eigenvalue weighted by atomic mass is 9.84. The Kier molecular flexibility index (Phi) is 5.73. The van der Waals surface area contributed by atoms with Gasteiger partial charge in [-0.15, -0.1) is 0 Å². The lowest BCUT2D eigenvalue weighted by Gasteiger charge is -2.48. The minimum absolute atomic E-state index is 0.120. The van der Waals surface area contributed by atoms with Crippen molar-refractivity contribution in [2.24, 2.45) is 0 Å². The van der Waals surface area contributed by atoms with Crippen molar-refractivity contribution in [3.8, 4) is 5.75 Å². The van der Waals surface area contributed by atoms with E-state index in [0.717, 1.165) is 43.7 Å². The van der Waals surface area contributed by atoms with Gasteiger partial charge in [0, 0.05) is 60.7 Å². The average Bonchev–Trinajstić information content (AvgIpc) is 3.45. The van der Waals surface area contributed by atoms with Gasteiger partial charge in [-0.2, -0.15) is 0 Å². The summed E-state index contributed by atoms with van der Waals surface area (Å²) in [6.45, 7) is 2.46. The van der Waals surface area contributed by atoms with Crippen molar-refractivity contribution in [1.29, 1.82) is 0 Å². The number of aromatic nitrogens is 1. The third kappa shape index (κ3) is 3.98. The van der Waals surface area contributed by atoms with Crippen LogP contribution in [0.25, 0.3) is 10.9 Å². The maximum Gasteiger partial charge on any atom is 0.255 e. The molecule has 1 saturated carbocycles. The fraction of sp³-hybridized carbons (Fsp3) is 0.433. The Balaban J connectivity index is 1.03. The van der Waals surface area contributed by atoms with Crippen LogP contribution in [0.5, 0.6) is 5.75 Å². The van der Waals surface area contributed by atoms with Gasteiger partial charge in [-0.05, 0) is 61.1 Å². The van der Waals surface area contributed by atoms with Gasteiger partial charge in [0.2, 0.25) is 11.8 Å². The summed E-state index contributed by atoms with van der Waals surface area (Å²) < 4.78 is 6.60. The molecule has 7 rings (SSSR count). The van der Waals surface area contributed by atoms with Gasteiger partial charge in [-0.1, -0.05) is 24.6 Å². The molecular weight excluding hydrogens is 480 g/mol. The number of hydrogen-bond donors (Lipinski definition) is 2. The second kappa shape index (κ2) is 9.27. The number of nitrogens with one attached hydrogen (secondary N) is 2. The summed E-state index contributed by atoms with van der Waals surface area (Å²) in [4.78, 5) is 44.5. The van der Waals surface area contributed by atoms with E-state index in [0.29, 0.717) is 30.5 Å². The Morgan fingerprint density at radius 1 is 0.947 bits per heavy atom. The second-order valence-corrected chi connectivity index (χ2v) is 11.2. The van der Waals surface area contributed by atoms with Gasteiger partial charge in [-0.25, -0.2) is 0 Å². The predicted octanol–water partition coefficient (Wildman–Crippen LogP) is 3.72. The molecule has 0 bridgehead atoms. The molecule has 8 heteroatoms. The van der Waals surface area contributed by atoms with Crippen LogP contribution in [-0.4, -0.2) is 63.8 Å². The number of carbonyl (C=O) groups is 3. The average molecular weight is 513 g/mol. The molecule has 0 radical (unpaired) electrons. The third-order valence-electron chi connectivity index (χ3n) is 8.89. The van der Waals surface area contributed by atoms with Gasteiger partial charge < -0.3 is 14.6 Å². The Hall–Kier alpha value is -3.65. The Labute approximate surface area is 221 Å². The zero-order valence-electron chi connectivity index (χ0n) is 21.3. The van der Waals surface area contributed by atoms with Crippen LogP contribution in [0, 0.1) is 0 Å². The number of H-pyrrole nitrogens is 1. The first-order chi connectivity index (χ1) is 18.5. The van der Waals surface area contributed by atoms with Crippen molar-refractivity contribution in [2.75, 3.05) is 13.1 Å². The number of likely N-dealkylation sites (tertiary alicyclic amines) is 1. The van der Waals surface area contributed by atoms with Crippen LogP contribution in [-0.2, 0) is 16.1 Å². The summed E-state index contributed by atoms with van der Waals surface area (Å²) in [7, 11) is 0. The number of amides is 3. The summed E-state index contributed by atoms with van der Waals surface area (Å²) in [6.07, 6.45) is 7.46. The summed E-state index contributed by atoms with van der Waals surface area (Å²) in [6, 6.07) is 14.0. The van der Waals surface area contributed by atoms with Gasteiger partial charge in [0.1, 0.15) is 17.9 Å². The standard InChI is InChI=1S/C30H32N4O4/c35-28-12-11-26(29(36)32-28)34-17-18-13-20(9-10-21(18)30(34)37)38-27-8-4-3-7-25(27)33-15-19(16-33)23-14-31-24-6-2-1-5-22(23)24/h1-2,5-6,9-10,13-14,19,25-27,31H,3-4,7-8,11-12,15-17H2,(H,32,35,36)/t25-,26?,27+/m0/s1. The normalized spacial score (nSPS) is 26.4. The summed E-state index contributed by atoms with van der Waals surface area (Å²) in [5.74, 6) is 0.512. The van der Waals surface area contributed by atoms with Crippen LogP contribution in [0.3, 0.4) is 0 Å². The molecule has 2 saturated heterocycles. The molecule has 3 amide bonds. The molecule has 1 aliphatic carbocycles. The quantitative estimate of drug-likeness (QED) is 0.508. The van der Waals surface area contributed by atoms with Crippen LogP contribution in [0.1, 0.15) is 65.9 Å². The molecule has 1 unspecified atom stereocenters. The zero-order valence-corrected chi connectivity index (χ0v) is 21.3. The minimum Gasteiger partial charge on any atom is -0.489 e. The predicted molar refractivity (Wildman–Crippen MR) is 142 cm³/mol. The Morgan fingerprint density at radius 3 is 2.66 bits per heavy atom. The maximum absolute atomic E-state index is 13.0. The molecule has 4 heterocycles. The molecule has 3 aliphatic heterocycles. The zero-order chi connectivity index (χ0) is 25.8. The molecule has 2 N–H and O–H groups in total. The molecule has 4 aliphatic rings. The lowest BCUT2D eigenvalue weighted by molar-refractivity contribution is -0.136. The molecule has 3 atom stereocenters. The first kappa shape index (κ1) is 23.5. The third-order valence-corrected chi connectivity index (χ3v) is 8.89. The topological polar surface area (TPSA) is 94.7 Å². The van der Waals surface area contributed by atoms with Crippen molar-refractivity contribution in [3.05, 3.63) is 65.4 Å². The lowest BCUT2D eigenvalue weighted by Crippen LogP contribution is -2.56. The molecule has 196 valence electrons. The number of para-hydroxylation sites is 1. The second-order valence-electron chi connectivity index (χ2n) is 11.2. The number of imide groups is 1. The molecule has 38 heavy (non-hydrogen) atoms. The van der Waals surface area contributed by atoms with Gasteiger partial charge in [0.05, 0.1) is 0 Å². The van der Waals surface area contributed by atoms with Gasteiger partial charge in [-0.3, -0.25) is 24.6 Å². The molecular formula is C30H32N4O4. The van der Waals surface area contributed by atoms with Crippen LogP contribution < -0.4 is 10.1 Å². The Morgan fingerprint density at radius 2 is 1.79 bits per heavy atom. The molecule has 0 spiro atoms. The van der Waals surface area contributed by atoms with Crippen molar-refractivity contribution in [2.45, 2.75) is 69.2 Å². The maximum atomic E-state index is 13.0. The van der Waals surface area contributed by atoms with Crippen LogP contribution in [0.2, 0.25) is 0 Å². The van der Waals surface area contributed by atoms with E-state index < -0.39 is 6.04 Å². The number of piperidine rings is 1. The van der Waals surface area contributed by atoms with Crippen molar-refractivity contribution >= 4 is 28.6 Å². The highest BCUT2D eigenvalue weighted by Crippen LogP contribution is 2.38. The highest BCUT2D eigenvalue weighted by molar-refractivity contribution is 6.05. The number of ether oxygens (including phenoxy) is 1. The van der Waals surface area contributed by atoms with E-state index in [4.69, 9.17) is 4.74 Å². The SMILES string of the molecule is O=C1CCC(N2Cc3cc(O[C@@H]4CCCC[C@@H]4N4CC(c5c[nH]c6ccccc56)C4)ccc3C2=O)C(=O)N1. The fourth-order valence-corrected chi connectivity index (χ4v) is 6.84. The number of fused-ring (bicyclic) bond motifs is 2. The largest absolute Gasteiger partial charge is 0.489 e. The number of benzene rings is 2. The van der Waals surface area contributed by atoms with E-state index in [-0.39, 0.29) is 30.2 Å². The first-order valence-electron chi connectivity index (χ1n) is 13.8. The number of aromatic amines is 1. The molecule has 1 aromatic heterocycles. The van der Waals surface area contributed by atoms with Crippen molar-refractivity contribution in [3.63, 3.8) is 0 Å². The van der Waals surface area contributed by atoms with E-state index in [2.05, 4.69) is 45.7 Å². The first-order valence-corrected chi connectivity index (χ1v) is 13.8. The Bertz CT molecular complexity index is 1420. The van der Waals surface area contributed by atoms with E-state index in [1.807, 2.05) is 18.2 Å².